The highest BCUT2D eigenvalue weighted by Gasteiger charge is 2.35. The number of carboxylic acid groups (broad SMARTS) is 1. The molecule has 0 amide bonds. The van der Waals surface area contributed by atoms with Crippen LogP contribution in [0.25, 0.3) is 67.4 Å². The predicted octanol–water partition coefficient (Wildman–Crippen LogP) is 17.2. The number of carbonyl (C=O) groups is 2. The number of ether oxygens (including phenoxy) is 3. The van der Waals surface area contributed by atoms with Gasteiger partial charge in [-0.25, -0.2) is 9.97 Å². The van der Waals surface area contributed by atoms with Crippen LogP contribution in [-0.4, -0.2) is 130 Å². The summed E-state index contributed by atoms with van der Waals surface area (Å²) in [6.45, 7) is 9.65. The summed E-state index contributed by atoms with van der Waals surface area (Å²) in [6.07, 6.45) is 8.66. The molecule has 2 atom stereocenters. The van der Waals surface area contributed by atoms with Gasteiger partial charge in [0.05, 0.1) is 53.2 Å². The van der Waals surface area contributed by atoms with E-state index in [-0.39, 0.29) is 36.1 Å². The van der Waals surface area contributed by atoms with Crippen LogP contribution in [0, 0.1) is 50.4 Å². The second kappa shape index (κ2) is 30.5. The summed E-state index contributed by atoms with van der Waals surface area (Å²) in [5.41, 5.74) is 23.3. The monoisotopic (exact) mass is 1440 g/mol. The maximum atomic E-state index is 13.6. The van der Waals surface area contributed by atoms with Gasteiger partial charge in [-0.05, 0) is 234 Å². The van der Waals surface area contributed by atoms with Gasteiger partial charge in [0.1, 0.15) is 34.6 Å². The Labute approximate surface area is 617 Å². The molecule has 4 saturated heterocycles. The summed E-state index contributed by atoms with van der Waals surface area (Å²) in [4.78, 5) is 52.5. The van der Waals surface area contributed by atoms with Gasteiger partial charge in [0, 0.05) is 84.5 Å². The first-order valence-electron chi connectivity index (χ1n) is 36.5. The standard InChI is InChI=1S/C43H41F2N5O4.C42H39F2N5O4/c1-25-30(9-6-11-32(25)36-20-34-28(22-46)17-27(18-35(34)47-36)23-49-14-4-5-15-49)31-10-7-12-33(26(31)2)41-48-37-19-29(39(54-43(44)45)21-40(37)53-41)24-50-16-8-13-38(50)42(51)52-3;1-24-29(8-5-10-31(24)35-19-33-27(21-45)16-26(17-34(33)46-35)22-48-13-3-4-14-48)30-9-6-11-32(25(30)2)40-47-36-18-28(23-49-15-7-12-37(49)41(50)51)38(53-42(43)44)20-39(36)52-40/h6-7,9-12,17-19,21,38,43H,4-5,8,13-16,20,23-24H2,1-3H3;5-6,8-11,16-18,20,37,42H,3-4,7,12-15,19,22-23H2,1-2H3,(H,50,51)/t38-;37-/m00/s1. The summed E-state index contributed by atoms with van der Waals surface area (Å²) in [5.74, 6) is -0.670. The number of hydrogen-bond acceptors (Lipinski definition) is 17. The number of halogens is 4. The van der Waals surface area contributed by atoms with Crippen LogP contribution in [0.3, 0.4) is 0 Å². The van der Waals surface area contributed by atoms with Crippen LogP contribution in [0.1, 0.15) is 129 Å². The summed E-state index contributed by atoms with van der Waals surface area (Å²) < 4.78 is 81.3. The van der Waals surface area contributed by atoms with Crippen molar-refractivity contribution in [1.29, 1.82) is 10.5 Å². The first kappa shape index (κ1) is 71.7. The number of aromatic nitrogens is 2. The molecule has 0 spiro atoms. The van der Waals surface area contributed by atoms with Crippen molar-refractivity contribution in [2.45, 2.75) is 143 Å². The van der Waals surface area contributed by atoms with Gasteiger partial charge in [-0.2, -0.15) is 28.1 Å². The molecule has 0 unspecified atom stereocenters. The van der Waals surface area contributed by atoms with Crippen LogP contribution in [0.2, 0.25) is 0 Å². The predicted molar refractivity (Wildman–Crippen MR) is 400 cm³/mol. The molecule has 16 rings (SSSR count). The Morgan fingerprint density at radius 2 is 0.897 bits per heavy atom. The average molecular weight is 1450 g/mol. The topological polar surface area (TPSA) is 219 Å². The first-order valence-corrected chi connectivity index (χ1v) is 36.5. The van der Waals surface area contributed by atoms with Crippen LogP contribution in [-0.2, 0) is 53.3 Å². The van der Waals surface area contributed by atoms with Gasteiger partial charge in [0.15, 0.2) is 11.2 Å². The number of nitrogens with zero attached hydrogens (tertiary/aromatic N) is 10. The number of esters is 1. The van der Waals surface area contributed by atoms with Crippen LogP contribution >= 0.6 is 0 Å². The number of oxazole rings is 2. The van der Waals surface area contributed by atoms with E-state index in [4.69, 9.17) is 43.0 Å². The highest BCUT2D eigenvalue weighted by molar-refractivity contribution is 6.10. The molecular weight excluding hydrogens is 1360 g/mol. The SMILES string of the molecule is COC(=O)[C@@H]1CCCN1Cc1cc2nc(-c3cccc(-c4cccc(C5=Nc6cc(CN7CCCC7)cc(C#N)c6C5)c4C)c3C)oc2cc1OC(F)F.Cc1c(C2=Nc3cc(CN4CCCC4)cc(C#N)c3C2)cccc1-c1cccc(-c2nc3cc(CN4CCC[C@H]4C(=O)O)c(OC(F)F)cc3o2)c1C. The van der Waals surface area contributed by atoms with E-state index < -0.39 is 31.3 Å². The lowest BCUT2D eigenvalue weighted by atomic mass is 9.89. The summed E-state index contributed by atoms with van der Waals surface area (Å²) in [7, 11) is 1.35. The van der Waals surface area contributed by atoms with Crippen molar-refractivity contribution in [3.63, 3.8) is 0 Å². The van der Waals surface area contributed by atoms with Crippen molar-refractivity contribution in [3.05, 3.63) is 199 Å². The maximum Gasteiger partial charge on any atom is 0.387 e. The van der Waals surface area contributed by atoms with E-state index in [2.05, 4.69) is 84.3 Å². The number of likely N-dealkylation sites (tertiary alicyclic amines) is 4. The quantitative estimate of drug-likeness (QED) is 0.0554. The molecule has 107 heavy (non-hydrogen) atoms. The fraction of sp³-hybridized carbons (Fsp3) is 0.341. The van der Waals surface area contributed by atoms with E-state index in [0.717, 1.165) is 158 Å². The van der Waals surface area contributed by atoms with Crippen LogP contribution in [0.5, 0.6) is 11.5 Å². The van der Waals surface area contributed by atoms with Crippen molar-refractivity contribution in [1.82, 2.24) is 29.6 Å². The Morgan fingerprint density at radius 1 is 0.514 bits per heavy atom. The average Bonchev–Trinajstić information content (AvgIpc) is 1.65. The Bertz CT molecular complexity index is 5310. The van der Waals surface area contributed by atoms with Gasteiger partial charge >= 0.3 is 25.2 Å². The smallest absolute Gasteiger partial charge is 0.387 e. The summed E-state index contributed by atoms with van der Waals surface area (Å²) in [6, 6.07) is 42.6. The van der Waals surface area contributed by atoms with E-state index in [1.807, 2.05) is 67.3 Å². The summed E-state index contributed by atoms with van der Waals surface area (Å²) >= 11 is 0. The van der Waals surface area contributed by atoms with Gasteiger partial charge in [0.2, 0.25) is 11.8 Å². The normalized spacial score (nSPS) is 17.4. The molecule has 8 heterocycles. The third-order valence-corrected chi connectivity index (χ3v) is 22.0. The molecule has 6 aliphatic heterocycles. The Hall–Kier alpha value is -10.9. The number of carboxylic acids is 1. The number of hydrogen-bond donors (Lipinski definition) is 1. The number of alkyl halides is 4. The third kappa shape index (κ3) is 14.7. The lowest BCUT2D eigenvalue weighted by Crippen LogP contribution is -2.36. The zero-order chi connectivity index (χ0) is 74.3. The molecule has 22 heteroatoms. The number of carbonyl (C=O) groups excluding carboxylic acids is 1. The minimum Gasteiger partial charge on any atom is -0.480 e. The van der Waals surface area contributed by atoms with E-state index in [1.165, 1.54) is 44.9 Å². The zero-order valence-corrected chi connectivity index (χ0v) is 60.3. The van der Waals surface area contributed by atoms with Crippen LogP contribution in [0.4, 0.5) is 28.9 Å². The molecule has 546 valence electrons. The van der Waals surface area contributed by atoms with E-state index in [9.17, 15) is 42.8 Å². The van der Waals surface area contributed by atoms with Gasteiger partial charge in [-0.3, -0.25) is 39.2 Å². The molecule has 10 aromatic rings. The number of rotatable bonds is 20. The molecular formula is C85H80F4N10O8. The van der Waals surface area contributed by atoms with Gasteiger partial charge in [0.25, 0.3) is 0 Å². The molecule has 0 bridgehead atoms. The van der Waals surface area contributed by atoms with Gasteiger partial charge in [-0.1, -0.05) is 60.7 Å². The lowest BCUT2D eigenvalue weighted by molar-refractivity contribution is -0.146. The van der Waals surface area contributed by atoms with E-state index in [1.54, 1.807) is 17.0 Å². The van der Waals surface area contributed by atoms with Crippen LogP contribution < -0.4 is 9.47 Å². The van der Waals surface area contributed by atoms with Gasteiger partial charge < -0.3 is 28.2 Å². The molecule has 0 aliphatic carbocycles. The molecule has 0 saturated carbocycles. The minimum atomic E-state index is -3.06. The molecule has 6 aliphatic rings. The van der Waals surface area contributed by atoms with Crippen molar-refractivity contribution >= 4 is 56.9 Å². The first-order chi connectivity index (χ1) is 51.9. The lowest BCUT2D eigenvalue weighted by Gasteiger charge is -2.23. The van der Waals surface area contributed by atoms with E-state index >= 15 is 0 Å². The molecule has 18 nitrogen and oxygen atoms in total. The zero-order valence-electron chi connectivity index (χ0n) is 60.3. The summed E-state index contributed by atoms with van der Waals surface area (Å²) in [5, 5.41) is 29.8. The molecule has 8 aromatic carbocycles. The fourth-order valence-corrected chi connectivity index (χ4v) is 16.6. The number of methoxy groups -OCH3 is 1. The molecule has 0 radical (unpaired) electrons. The van der Waals surface area contributed by atoms with Crippen molar-refractivity contribution in [2.75, 3.05) is 46.4 Å². The van der Waals surface area contributed by atoms with Crippen molar-refractivity contribution in [3.8, 4) is 68.8 Å². The number of fused-ring (bicyclic) bond motifs is 4. The highest BCUT2D eigenvalue weighted by atomic mass is 19.3. The highest BCUT2D eigenvalue weighted by Crippen LogP contribution is 2.43. The fourth-order valence-electron chi connectivity index (χ4n) is 16.6. The number of aliphatic imine (C=N–C) groups is 2. The van der Waals surface area contributed by atoms with Crippen LogP contribution in [0.15, 0.2) is 140 Å². The second-order valence-electron chi connectivity index (χ2n) is 28.6. The maximum absolute atomic E-state index is 13.6. The Kier molecular flexibility index (Phi) is 20.5. The van der Waals surface area contributed by atoms with Gasteiger partial charge in [-0.15, -0.1) is 0 Å². The van der Waals surface area contributed by atoms with Crippen molar-refractivity contribution < 1.29 is 55.3 Å². The largest absolute Gasteiger partial charge is 0.480 e. The number of aliphatic carboxylic acids is 1. The molecule has 4 fully saturated rings. The third-order valence-electron chi connectivity index (χ3n) is 22.0. The van der Waals surface area contributed by atoms with E-state index in [0.29, 0.717) is 95.8 Å². The van der Waals surface area contributed by atoms with Crippen molar-refractivity contribution in [2.24, 2.45) is 9.98 Å². The Morgan fingerprint density at radius 3 is 1.29 bits per heavy atom. The Balaban J connectivity index is 0.000000171. The minimum absolute atomic E-state index is 0.0182. The second-order valence-corrected chi connectivity index (χ2v) is 28.6. The number of nitriles is 2. The molecule has 2 aromatic heterocycles. The number of benzene rings is 8. The molecule has 1 N–H and O–H groups in total.